The van der Waals surface area contributed by atoms with E-state index in [1.54, 1.807) is 18.3 Å². The minimum Gasteiger partial charge on any atom is -0.488 e. The molecular weight excluding hydrogens is 406 g/mol. The van der Waals surface area contributed by atoms with Gasteiger partial charge in [0.1, 0.15) is 12.4 Å². The van der Waals surface area contributed by atoms with Crippen LogP contribution in [-0.2, 0) is 27.3 Å². The Kier molecular flexibility index (Phi) is 7.87. The Morgan fingerprint density at radius 1 is 1.24 bits per heavy atom. The minimum absolute atomic E-state index is 0.323. The third-order valence-electron chi connectivity index (χ3n) is 3.50. The van der Waals surface area contributed by atoms with Gasteiger partial charge in [0.15, 0.2) is 10.0 Å². The van der Waals surface area contributed by atoms with Crippen LogP contribution in [0, 0.1) is 6.92 Å². The van der Waals surface area contributed by atoms with E-state index in [1.165, 1.54) is 0 Å². The van der Waals surface area contributed by atoms with Gasteiger partial charge in [-0.15, -0.1) is 11.3 Å². The molecule has 1 atom stereocenters. The van der Waals surface area contributed by atoms with Crippen molar-refractivity contribution < 1.29 is 19.0 Å². The van der Waals surface area contributed by atoms with E-state index in [-0.39, 0.29) is 5.97 Å². The molecule has 1 heterocycles. The molecule has 5 nitrogen and oxygen atoms in total. The highest BCUT2D eigenvalue weighted by molar-refractivity contribution is 9.11. The summed E-state index contributed by atoms with van der Waals surface area (Å²) in [5.74, 6) is 0.452. The Balaban J connectivity index is 1.94. The van der Waals surface area contributed by atoms with E-state index >= 15 is 0 Å². The van der Waals surface area contributed by atoms with Crippen LogP contribution in [0.2, 0.25) is 0 Å². The van der Waals surface area contributed by atoms with Gasteiger partial charge in [0.25, 0.3) is 0 Å². The van der Waals surface area contributed by atoms with Gasteiger partial charge in [-0.3, -0.25) is 0 Å². The normalized spacial score (nSPS) is 12.0. The summed E-state index contributed by atoms with van der Waals surface area (Å²) in [6.07, 6.45) is -0.0951. The fourth-order valence-electron chi connectivity index (χ4n) is 2.26. The lowest BCUT2D eigenvalue weighted by Gasteiger charge is -2.15. The van der Waals surface area contributed by atoms with Crippen molar-refractivity contribution in [2.45, 2.75) is 39.9 Å². The van der Waals surface area contributed by atoms with Crippen molar-refractivity contribution in [3.05, 3.63) is 44.3 Å². The molecule has 1 aromatic heterocycles. The van der Waals surface area contributed by atoms with Gasteiger partial charge >= 0.3 is 5.97 Å². The van der Waals surface area contributed by atoms with Gasteiger partial charge < -0.3 is 14.2 Å². The van der Waals surface area contributed by atoms with E-state index in [0.717, 1.165) is 25.8 Å². The standard InChI is InChI=1S/C18H22BrNO4S/c1-4-22-15(17(21)23-5-2)10-13-6-8-14(9-7-13)24-11-16-12(3)20-18(19)25-16/h6-9,15H,4-5,10-11H2,1-3H3/t15-/m0/s1. The molecule has 0 saturated carbocycles. The molecule has 25 heavy (non-hydrogen) atoms. The summed E-state index contributed by atoms with van der Waals surface area (Å²) in [6.45, 7) is 6.92. The highest BCUT2D eigenvalue weighted by Gasteiger charge is 2.20. The first-order valence-electron chi connectivity index (χ1n) is 8.15. The Bertz CT molecular complexity index is 687. The number of esters is 1. The molecule has 2 aromatic rings. The van der Waals surface area contributed by atoms with Crippen molar-refractivity contribution in [1.29, 1.82) is 0 Å². The molecule has 0 amide bonds. The summed E-state index contributed by atoms with van der Waals surface area (Å²) < 4.78 is 17.2. The summed E-state index contributed by atoms with van der Waals surface area (Å²) in [4.78, 5) is 17.3. The van der Waals surface area contributed by atoms with Crippen molar-refractivity contribution in [2.75, 3.05) is 13.2 Å². The Hall–Kier alpha value is -1.44. The molecule has 0 fully saturated rings. The van der Waals surface area contributed by atoms with Crippen molar-refractivity contribution in [3.8, 4) is 5.75 Å². The predicted octanol–water partition coefficient (Wildman–Crippen LogP) is 4.30. The molecule has 136 valence electrons. The molecule has 0 N–H and O–H groups in total. The van der Waals surface area contributed by atoms with E-state index in [0.29, 0.717) is 26.2 Å². The molecular formula is C18H22BrNO4S. The zero-order valence-electron chi connectivity index (χ0n) is 14.6. The van der Waals surface area contributed by atoms with Crippen LogP contribution in [0.5, 0.6) is 5.75 Å². The topological polar surface area (TPSA) is 57.7 Å². The van der Waals surface area contributed by atoms with Gasteiger partial charge in [-0.05, 0) is 54.4 Å². The van der Waals surface area contributed by atoms with Gasteiger partial charge in [0, 0.05) is 13.0 Å². The minimum atomic E-state index is -0.575. The molecule has 0 unspecified atom stereocenters. The second-order valence-electron chi connectivity index (χ2n) is 5.31. The monoisotopic (exact) mass is 427 g/mol. The predicted molar refractivity (Wildman–Crippen MR) is 101 cm³/mol. The first kappa shape index (κ1) is 19.9. The number of hydrogen-bond donors (Lipinski definition) is 0. The lowest BCUT2D eigenvalue weighted by atomic mass is 10.1. The fraction of sp³-hybridized carbons (Fsp3) is 0.444. The van der Waals surface area contributed by atoms with Crippen molar-refractivity contribution in [2.24, 2.45) is 0 Å². The Morgan fingerprint density at radius 3 is 2.52 bits per heavy atom. The molecule has 0 aliphatic rings. The fourth-order valence-corrected chi connectivity index (χ4v) is 3.81. The second kappa shape index (κ2) is 9.89. The maximum atomic E-state index is 11.9. The van der Waals surface area contributed by atoms with Crippen molar-refractivity contribution >= 4 is 33.2 Å². The Labute approximate surface area is 160 Å². The maximum Gasteiger partial charge on any atom is 0.335 e. The lowest BCUT2D eigenvalue weighted by Crippen LogP contribution is -2.28. The highest BCUT2D eigenvalue weighted by atomic mass is 79.9. The number of aromatic nitrogens is 1. The molecule has 1 aromatic carbocycles. The molecule has 0 spiro atoms. The summed E-state index contributed by atoms with van der Waals surface area (Å²) in [5, 5.41) is 0. The average Bonchev–Trinajstić information content (AvgIpc) is 2.91. The lowest BCUT2D eigenvalue weighted by molar-refractivity contribution is -0.156. The van der Waals surface area contributed by atoms with E-state index in [9.17, 15) is 4.79 Å². The van der Waals surface area contributed by atoms with Gasteiger partial charge in [-0.2, -0.15) is 0 Å². The van der Waals surface area contributed by atoms with Crippen molar-refractivity contribution in [1.82, 2.24) is 4.98 Å². The molecule has 2 rings (SSSR count). The van der Waals surface area contributed by atoms with E-state index in [4.69, 9.17) is 14.2 Å². The first-order valence-corrected chi connectivity index (χ1v) is 9.76. The van der Waals surface area contributed by atoms with Crippen LogP contribution in [0.1, 0.15) is 30.0 Å². The zero-order chi connectivity index (χ0) is 18.2. The van der Waals surface area contributed by atoms with Crippen molar-refractivity contribution in [3.63, 3.8) is 0 Å². The van der Waals surface area contributed by atoms with Gasteiger partial charge in [-0.25, -0.2) is 9.78 Å². The SMILES string of the molecule is CCOC(=O)[C@H](Cc1ccc(OCc2sc(Br)nc2C)cc1)OCC. The number of nitrogens with zero attached hydrogens (tertiary/aromatic N) is 1. The van der Waals surface area contributed by atoms with Crippen LogP contribution in [0.3, 0.4) is 0 Å². The molecule has 0 saturated heterocycles. The summed E-state index contributed by atoms with van der Waals surface area (Å²) >= 11 is 4.95. The maximum absolute atomic E-state index is 11.9. The molecule has 0 aliphatic carbocycles. The smallest absolute Gasteiger partial charge is 0.335 e. The van der Waals surface area contributed by atoms with Crippen LogP contribution >= 0.6 is 27.3 Å². The van der Waals surface area contributed by atoms with Crippen LogP contribution in [0.15, 0.2) is 28.2 Å². The third kappa shape index (κ3) is 6.09. The summed E-state index contributed by atoms with van der Waals surface area (Å²) in [5.41, 5.74) is 1.97. The summed E-state index contributed by atoms with van der Waals surface area (Å²) in [6, 6.07) is 7.68. The third-order valence-corrected chi connectivity index (χ3v) is 5.08. The molecule has 0 radical (unpaired) electrons. The number of carbonyl (C=O) groups excluding carboxylic acids is 1. The number of halogens is 1. The number of ether oxygens (including phenoxy) is 3. The number of benzene rings is 1. The van der Waals surface area contributed by atoms with E-state index in [1.807, 2.05) is 38.1 Å². The Morgan fingerprint density at radius 2 is 1.96 bits per heavy atom. The quantitative estimate of drug-likeness (QED) is 0.558. The first-order chi connectivity index (χ1) is 12.0. The summed E-state index contributed by atoms with van der Waals surface area (Å²) in [7, 11) is 0. The van der Waals surface area contributed by atoms with Crippen LogP contribution in [-0.4, -0.2) is 30.3 Å². The van der Waals surface area contributed by atoms with Crippen LogP contribution < -0.4 is 4.74 Å². The van der Waals surface area contributed by atoms with Crippen LogP contribution in [0.25, 0.3) is 0 Å². The zero-order valence-corrected chi connectivity index (χ0v) is 17.0. The largest absolute Gasteiger partial charge is 0.488 e. The van der Waals surface area contributed by atoms with Crippen LogP contribution in [0.4, 0.5) is 0 Å². The highest BCUT2D eigenvalue weighted by Crippen LogP contribution is 2.24. The number of carbonyl (C=O) groups is 1. The average molecular weight is 428 g/mol. The van der Waals surface area contributed by atoms with E-state index in [2.05, 4.69) is 20.9 Å². The molecule has 0 bridgehead atoms. The second-order valence-corrected chi connectivity index (χ2v) is 7.67. The molecule has 0 aliphatic heterocycles. The van der Waals surface area contributed by atoms with Gasteiger partial charge in [0.2, 0.25) is 0 Å². The van der Waals surface area contributed by atoms with Gasteiger partial charge in [-0.1, -0.05) is 12.1 Å². The number of aryl methyl sites for hydroxylation is 1. The number of hydrogen-bond acceptors (Lipinski definition) is 6. The molecule has 7 heteroatoms. The van der Waals surface area contributed by atoms with E-state index < -0.39 is 6.10 Å². The number of rotatable bonds is 9. The number of thiazole rings is 1. The van der Waals surface area contributed by atoms with Gasteiger partial charge in [0.05, 0.1) is 17.2 Å².